The van der Waals surface area contributed by atoms with Gasteiger partial charge in [0.1, 0.15) is 0 Å². The van der Waals surface area contributed by atoms with Crippen molar-refractivity contribution in [3.63, 3.8) is 0 Å². The molecule has 0 fully saturated rings. The maximum Gasteiger partial charge on any atom is 0.212 e. The number of ether oxygens (including phenoxy) is 3. The van der Waals surface area contributed by atoms with Crippen molar-refractivity contribution < 1.29 is 19.0 Å². The molecule has 0 aromatic heterocycles. The quantitative estimate of drug-likeness (QED) is 0.747. The van der Waals surface area contributed by atoms with Gasteiger partial charge in [-0.15, -0.1) is 0 Å². The first-order chi connectivity index (χ1) is 12.1. The molecular weight excluding hydrogens is 324 g/mol. The van der Waals surface area contributed by atoms with Gasteiger partial charge in [0.25, 0.3) is 0 Å². The Bertz CT molecular complexity index is 773. The third-order valence-electron chi connectivity index (χ3n) is 4.14. The molecule has 0 amide bonds. The molecule has 132 valence electrons. The van der Waals surface area contributed by atoms with Gasteiger partial charge in [-0.2, -0.15) is 0 Å². The third-order valence-corrected chi connectivity index (χ3v) is 4.14. The highest BCUT2D eigenvalue weighted by molar-refractivity contribution is 6.02. The minimum Gasteiger partial charge on any atom is -0.493 e. The summed E-state index contributed by atoms with van der Waals surface area (Å²) in [6.07, 6.45) is 3.74. The van der Waals surface area contributed by atoms with E-state index in [1.54, 1.807) is 21.3 Å². The Morgan fingerprint density at radius 2 is 1.80 bits per heavy atom. The monoisotopic (exact) mass is 344 g/mol. The molecule has 1 aromatic rings. The number of aliphatic imine (C=N–C) groups is 1. The van der Waals surface area contributed by atoms with Crippen molar-refractivity contribution in [3.05, 3.63) is 41.2 Å². The molecule has 1 atom stereocenters. The second-order valence-corrected chi connectivity index (χ2v) is 5.58. The van der Waals surface area contributed by atoms with E-state index in [4.69, 9.17) is 19.9 Å². The number of rotatable bonds is 4. The highest BCUT2D eigenvalue weighted by atomic mass is 16.5. The van der Waals surface area contributed by atoms with Crippen LogP contribution in [0.1, 0.15) is 17.9 Å². The van der Waals surface area contributed by atoms with Gasteiger partial charge in [-0.3, -0.25) is 15.6 Å². The lowest BCUT2D eigenvalue weighted by Crippen LogP contribution is -2.42. The number of hydrazine groups is 1. The summed E-state index contributed by atoms with van der Waals surface area (Å²) >= 11 is 0. The van der Waals surface area contributed by atoms with Crippen molar-refractivity contribution in [1.82, 2.24) is 10.9 Å². The number of Topliss-reactive ketones (excluding diaryl/α,β-unsaturated/α-hetero) is 1. The van der Waals surface area contributed by atoms with Gasteiger partial charge in [0.05, 0.1) is 32.6 Å². The lowest BCUT2D eigenvalue weighted by atomic mass is 9.84. The second-order valence-electron chi connectivity index (χ2n) is 5.58. The predicted octanol–water partition coefficient (Wildman–Crippen LogP) is 0.959. The van der Waals surface area contributed by atoms with Crippen LogP contribution in [0.2, 0.25) is 0 Å². The van der Waals surface area contributed by atoms with Crippen LogP contribution in [0, 0.1) is 0 Å². The number of allylic oxidation sites excluding steroid dienone is 2. The number of fused-ring (bicyclic) bond motifs is 1. The molecule has 25 heavy (non-hydrogen) atoms. The Labute approximate surface area is 145 Å². The number of benzene rings is 1. The lowest BCUT2D eigenvalue weighted by molar-refractivity contribution is -0.115. The standard InChI is InChI=1S/C17H20N4O4/c1-23-14-6-10(7-15(24-2)16(14)25-3)9-4-12-11(13(22)5-9)8-19-17(18)21-20-12/h4,6-9,20H,5H2,1-3H3,(H3,18,19,21)/t9-/m0/s1. The summed E-state index contributed by atoms with van der Waals surface area (Å²) < 4.78 is 16.1. The fourth-order valence-electron chi connectivity index (χ4n) is 2.89. The summed E-state index contributed by atoms with van der Waals surface area (Å²) in [6.45, 7) is 0. The molecule has 1 aliphatic heterocycles. The van der Waals surface area contributed by atoms with Gasteiger partial charge in [0.15, 0.2) is 17.3 Å². The van der Waals surface area contributed by atoms with Crippen LogP contribution in [0.4, 0.5) is 0 Å². The zero-order chi connectivity index (χ0) is 18.0. The van der Waals surface area contributed by atoms with E-state index in [0.717, 1.165) is 5.56 Å². The van der Waals surface area contributed by atoms with E-state index in [1.165, 1.54) is 6.20 Å². The van der Waals surface area contributed by atoms with Crippen LogP contribution in [-0.4, -0.2) is 33.1 Å². The molecule has 8 nitrogen and oxygen atoms in total. The summed E-state index contributed by atoms with van der Waals surface area (Å²) in [5, 5.41) is 0. The topological polar surface area (TPSA) is 107 Å². The minimum atomic E-state index is -0.151. The average Bonchev–Trinajstić information content (AvgIpc) is 2.82. The van der Waals surface area contributed by atoms with Crippen molar-refractivity contribution in [1.29, 1.82) is 0 Å². The van der Waals surface area contributed by atoms with Crippen LogP contribution in [0.5, 0.6) is 17.2 Å². The number of ketones is 1. The molecular formula is C17H20N4O4. The van der Waals surface area contributed by atoms with Gasteiger partial charge in [0, 0.05) is 18.5 Å². The van der Waals surface area contributed by atoms with E-state index >= 15 is 0 Å². The summed E-state index contributed by atoms with van der Waals surface area (Å²) in [4.78, 5) is 16.5. The Balaban J connectivity index is 2.02. The van der Waals surface area contributed by atoms with Crippen molar-refractivity contribution in [2.75, 3.05) is 21.3 Å². The molecule has 0 radical (unpaired) electrons. The second kappa shape index (κ2) is 6.76. The molecule has 0 spiro atoms. The van der Waals surface area contributed by atoms with Crippen LogP contribution < -0.4 is 30.8 Å². The number of guanidine groups is 1. The zero-order valence-corrected chi connectivity index (χ0v) is 14.3. The first-order valence-electron chi connectivity index (χ1n) is 7.68. The van der Waals surface area contributed by atoms with Crippen LogP contribution in [0.25, 0.3) is 0 Å². The largest absolute Gasteiger partial charge is 0.493 e. The number of nitrogens with one attached hydrogen (secondary N) is 2. The third kappa shape index (κ3) is 3.10. The lowest BCUT2D eigenvalue weighted by Gasteiger charge is -2.24. The Morgan fingerprint density at radius 1 is 1.12 bits per heavy atom. The molecule has 0 bridgehead atoms. The van der Waals surface area contributed by atoms with Crippen LogP contribution in [0.15, 0.2) is 40.7 Å². The van der Waals surface area contributed by atoms with Crippen molar-refractivity contribution >= 4 is 11.7 Å². The zero-order valence-electron chi connectivity index (χ0n) is 14.3. The van der Waals surface area contributed by atoms with Gasteiger partial charge in [-0.05, 0) is 17.7 Å². The molecule has 0 saturated heterocycles. The summed E-state index contributed by atoms with van der Waals surface area (Å²) in [5.74, 6) is 1.62. The van der Waals surface area contributed by atoms with Crippen LogP contribution in [0.3, 0.4) is 0 Å². The fraction of sp³-hybridized carbons (Fsp3) is 0.294. The fourth-order valence-corrected chi connectivity index (χ4v) is 2.89. The molecule has 3 rings (SSSR count). The van der Waals surface area contributed by atoms with Gasteiger partial charge in [-0.25, -0.2) is 4.99 Å². The maximum absolute atomic E-state index is 12.5. The van der Waals surface area contributed by atoms with Crippen molar-refractivity contribution in [2.45, 2.75) is 12.3 Å². The molecule has 2 aliphatic rings. The van der Waals surface area contributed by atoms with Crippen molar-refractivity contribution in [3.8, 4) is 17.2 Å². The molecule has 0 unspecified atom stereocenters. The maximum atomic E-state index is 12.5. The SMILES string of the molecule is COc1cc([C@H]2C=C3NNC(N)=NC=C3C(=O)C2)cc(OC)c1OC. The van der Waals surface area contributed by atoms with E-state index in [2.05, 4.69) is 15.8 Å². The molecule has 4 N–H and O–H groups in total. The Kier molecular flexibility index (Phi) is 4.51. The first kappa shape index (κ1) is 16.7. The van der Waals surface area contributed by atoms with Gasteiger partial charge in [0.2, 0.25) is 11.7 Å². The highest BCUT2D eigenvalue weighted by Crippen LogP contribution is 2.42. The average molecular weight is 344 g/mol. The number of hydrogen-bond donors (Lipinski definition) is 3. The first-order valence-corrected chi connectivity index (χ1v) is 7.68. The Hall–Kier alpha value is -3.16. The minimum absolute atomic E-state index is 0.0241. The molecule has 1 aliphatic carbocycles. The van der Waals surface area contributed by atoms with Gasteiger partial charge >= 0.3 is 0 Å². The predicted molar refractivity (Wildman–Crippen MR) is 92.5 cm³/mol. The number of carbonyl (C=O) groups is 1. The molecule has 8 heteroatoms. The highest BCUT2D eigenvalue weighted by Gasteiger charge is 2.28. The number of nitrogens with zero attached hydrogens (tertiary/aromatic N) is 1. The summed E-state index contributed by atoms with van der Waals surface area (Å²) in [5.41, 5.74) is 13.3. The molecule has 1 aromatic carbocycles. The van der Waals surface area contributed by atoms with E-state index in [9.17, 15) is 4.79 Å². The van der Waals surface area contributed by atoms with Crippen LogP contribution >= 0.6 is 0 Å². The van der Waals surface area contributed by atoms with E-state index < -0.39 is 0 Å². The Morgan fingerprint density at radius 3 is 2.40 bits per heavy atom. The number of hydrogen-bond acceptors (Lipinski definition) is 8. The normalized spacial score (nSPS) is 19.2. The van der Waals surface area contributed by atoms with E-state index in [1.807, 2.05) is 18.2 Å². The summed E-state index contributed by atoms with van der Waals surface area (Å²) in [7, 11) is 4.67. The smallest absolute Gasteiger partial charge is 0.212 e. The number of methoxy groups -OCH3 is 3. The number of carbonyl (C=O) groups excluding carboxylic acids is 1. The van der Waals surface area contributed by atoms with E-state index in [0.29, 0.717) is 34.9 Å². The number of nitrogens with two attached hydrogens (primary N) is 1. The van der Waals surface area contributed by atoms with Crippen molar-refractivity contribution in [2.24, 2.45) is 10.7 Å². The van der Waals surface area contributed by atoms with E-state index in [-0.39, 0.29) is 17.7 Å². The van der Waals surface area contributed by atoms with Gasteiger partial charge in [-0.1, -0.05) is 6.08 Å². The molecule has 0 saturated carbocycles. The van der Waals surface area contributed by atoms with Gasteiger partial charge < -0.3 is 19.9 Å². The van der Waals surface area contributed by atoms with Crippen LogP contribution in [-0.2, 0) is 4.79 Å². The molecule has 1 heterocycles. The summed E-state index contributed by atoms with van der Waals surface area (Å²) in [6, 6.07) is 3.69.